The number of rotatable bonds is 23. The third kappa shape index (κ3) is 13.9. The molecule has 7 heterocycles. The van der Waals surface area contributed by atoms with Gasteiger partial charge in [0.25, 0.3) is 0 Å². The molecule has 99 heavy (non-hydrogen) atoms. The molecule has 11 rings (SSSR count). The van der Waals surface area contributed by atoms with Gasteiger partial charge in [0.15, 0.2) is 31.5 Å². The van der Waals surface area contributed by atoms with Gasteiger partial charge in [-0.25, -0.2) is 0 Å². The highest BCUT2D eigenvalue weighted by atomic mass is 16.8. The van der Waals surface area contributed by atoms with E-state index in [-0.39, 0.29) is 29.6 Å². The van der Waals surface area contributed by atoms with Crippen molar-refractivity contribution < 1.29 is 158 Å². The predicted octanol–water partition coefficient (Wildman–Crippen LogP) is -4.38. The summed E-state index contributed by atoms with van der Waals surface area (Å²) in [5, 5.41) is 179. The summed E-state index contributed by atoms with van der Waals surface area (Å²) in [6.07, 6.45) is -40.2. The fourth-order valence-corrected chi connectivity index (χ4v) is 19.1. The molecule has 1 spiro atoms. The van der Waals surface area contributed by atoms with E-state index in [0.29, 0.717) is 18.8 Å². The predicted molar refractivity (Wildman–Crippen MR) is 332 cm³/mol. The molecule has 0 bridgehead atoms. The molecule has 32 heteroatoms. The van der Waals surface area contributed by atoms with Gasteiger partial charge in [-0.3, -0.25) is 4.79 Å². The van der Waals surface area contributed by atoms with Gasteiger partial charge in [-0.2, -0.15) is 0 Å². The molecule has 32 nitrogen and oxygen atoms in total. The Morgan fingerprint density at radius 3 is 1.69 bits per heavy atom. The molecule has 0 aromatic heterocycles. The number of methoxy groups -OCH3 is 2. The van der Waals surface area contributed by atoms with Crippen molar-refractivity contribution in [2.75, 3.05) is 53.9 Å². The lowest BCUT2D eigenvalue weighted by Gasteiger charge is -2.60. The lowest BCUT2D eigenvalue weighted by Crippen LogP contribution is -2.67. The minimum absolute atomic E-state index is 0.00205. The van der Waals surface area contributed by atoms with Crippen LogP contribution in [0.3, 0.4) is 0 Å². The number of carbonyl (C=O) groups excluding carboxylic acids is 1. The van der Waals surface area contributed by atoms with Gasteiger partial charge in [-0.05, 0) is 99.7 Å². The molecule has 0 aromatic rings. The smallest absolute Gasteiger partial charge is 0.316 e. The lowest BCUT2D eigenvalue weighted by molar-refractivity contribution is -0.394. The molecular formula is C67H110O32. The average molecular weight is 1430 g/mol. The molecule has 11 aliphatic rings. The van der Waals surface area contributed by atoms with Crippen LogP contribution >= 0.6 is 0 Å². The fraction of sp³-hybridized carbons (Fsp3) is 0.955. The highest BCUT2D eigenvalue weighted by Gasteiger charge is 2.78. The van der Waals surface area contributed by atoms with Crippen LogP contribution in [0.4, 0.5) is 0 Å². The van der Waals surface area contributed by atoms with E-state index in [2.05, 4.69) is 34.6 Å². The molecule has 10 fully saturated rings. The highest BCUT2D eigenvalue weighted by Crippen LogP contribution is 2.74. The number of ether oxygens (including phenoxy) is 15. The molecule has 570 valence electrons. The Kier molecular flexibility index (Phi) is 24.5. The minimum Gasteiger partial charge on any atom is -0.459 e. The molecule has 0 radical (unpaired) electrons. The number of cyclic esters (lactones) is 1. The summed E-state index contributed by atoms with van der Waals surface area (Å²) in [4.78, 5) is 14.6. The van der Waals surface area contributed by atoms with E-state index in [9.17, 15) is 86.5 Å². The molecule has 0 amide bonds. The maximum atomic E-state index is 14.6. The maximum Gasteiger partial charge on any atom is 0.316 e. The molecule has 16 N–H and O–H groups in total. The van der Waals surface area contributed by atoms with Crippen LogP contribution in [0.2, 0.25) is 0 Å². The Balaban J connectivity index is 0.812. The van der Waals surface area contributed by atoms with Crippen LogP contribution in [0.15, 0.2) is 11.6 Å². The van der Waals surface area contributed by atoms with E-state index in [0.717, 1.165) is 50.5 Å². The Labute approximate surface area is 575 Å². The molecule has 7 saturated heterocycles. The molecule has 0 aromatic carbocycles. The maximum absolute atomic E-state index is 14.6. The normalized spacial score (nSPS) is 52.2. The standard InChI is InChI=1S/C67H110O32/c1-26(2)11-10-17-66(7)38-16-18-65(6)31-14-13-30-28(29(31)19-39(72)67(38,65)63(84)99-66)12-15-40(64(30,4)5)95-62-57(45(77)37(25-88-62)94-59-49(81)47(79)53(35(23-71)93-59)87-24-36-44(76)54(85-8)41(73)32(20-68)90-36)98-58-48(80)46(78)52(27(3)89-58)96-61-51(83)56(43(75)34(22-70)92-61)97-60-50(82)55(86-9)42(74)33(21-69)91-60/h19,26-28,30-62,68-83H,10-18,20-25H2,1-9H3. The first-order chi connectivity index (χ1) is 46.9. The largest absolute Gasteiger partial charge is 0.459 e. The van der Waals surface area contributed by atoms with Crippen molar-refractivity contribution in [1.29, 1.82) is 0 Å². The topological polar surface area (TPSA) is 479 Å². The molecular weight excluding hydrogens is 1320 g/mol. The number of aliphatic hydroxyl groups is 16. The van der Waals surface area contributed by atoms with Gasteiger partial charge >= 0.3 is 5.97 Å². The quantitative estimate of drug-likeness (QED) is 0.0261. The van der Waals surface area contributed by atoms with Crippen LogP contribution in [0.1, 0.15) is 106 Å². The van der Waals surface area contributed by atoms with Crippen molar-refractivity contribution >= 4 is 5.97 Å². The number of fused-ring (bicyclic) bond motifs is 4. The third-order valence-corrected chi connectivity index (χ3v) is 24.6. The average Bonchev–Trinajstić information content (AvgIpc) is 1.52. The van der Waals surface area contributed by atoms with Crippen molar-refractivity contribution in [3.05, 3.63) is 11.6 Å². The lowest BCUT2D eigenvalue weighted by atomic mass is 9.44. The summed E-state index contributed by atoms with van der Waals surface area (Å²) >= 11 is 0. The number of hydrogen-bond donors (Lipinski definition) is 16. The van der Waals surface area contributed by atoms with E-state index >= 15 is 0 Å². The Hall–Kier alpha value is -1.99. The minimum atomic E-state index is -2.06. The summed E-state index contributed by atoms with van der Waals surface area (Å²) in [7, 11) is 2.42. The molecule has 4 aliphatic carbocycles. The van der Waals surface area contributed by atoms with Crippen LogP contribution in [0, 0.1) is 45.8 Å². The van der Waals surface area contributed by atoms with Gasteiger partial charge in [-0.1, -0.05) is 52.7 Å². The summed E-state index contributed by atoms with van der Waals surface area (Å²) in [5.74, 6) is -0.00344. The summed E-state index contributed by atoms with van der Waals surface area (Å²) in [6.45, 7) is 10.1. The van der Waals surface area contributed by atoms with Gasteiger partial charge in [0.1, 0.15) is 151 Å². The number of carbonyl (C=O) groups is 1. The second kappa shape index (κ2) is 31.1. The number of allylic oxidation sites excluding steroid dienone is 1. The Morgan fingerprint density at radius 1 is 0.535 bits per heavy atom. The highest BCUT2D eigenvalue weighted by molar-refractivity contribution is 5.84. The van der Waals surface area contributed by atoms with E-state index in [1.807, 2.05) is 13.0 Å². The van der Waals surface area contributed by atoms with Crippen molar-refractivity contribution in [1.82, 2.24) is 0 Å². The van der Waals surface area contributed by atoms with Crippen LogP contribution in [-0.2, 0) is 75.8 Å². The van der Waals surface area contributed by atoms with E-state index < -0.39 is 252 Å². The zero-order chi connectivity index (χ0) is 71.9. The number of aliphatic hydroxyl groups excluding tert-OH is 16. The van der Waals surface area contributed by atoms with Crippen LogP contribution in [0.25, 0.3) is 0 Å². The summed E-state index contributed by atoms with van der Waals surface area (Å²) in [5.41, 5.74) is -1.88. The summed E-state index contributed by atoms with van der Waals surface area (Å²) < 4.78 is 90.1. The second-order valence-corrected chi connectivity index (χ2v) is 30.9. The van der Waals surface area contributed by atoms with E-state index in [1.165, 1.54) is 21.1 Å². The van der Waals surface area contributed by atoms with Gasteiger partial charge in [-0.15, -0.1) is 0 Å². The first-order valence-electron chi connectivity index (χ1n) is 35.3. The van der Waals surface area contributed by atoms with Crippen LogP contribution < -0.4 is 0 Å². The van der Waals surface area contributed by atoms with Crippen LogP contribution in [-0.4, -0.2) is 337 Å². The Morgan fingerprint density at radius 2 is 1.07 bits per heavy atom. The number of hydrogen-bond acceptors (Lipinski definition) is 32. The summed E-state index contributed by atoms with van der Waals surface area (Å²) in [6, 6.07) is 0. The van der Waals surface area contributed by atoms with Gasteiger partial charge in [0.2, 0.25) is 0 Å². The molecule has 38 atom stereocenters. The molecule has 3 saturated carbocycles. The second-order valence-electron chi connectivity index (χ2n) is 30.9. The van der Waals surface area contributed by atoms with E-state index in [1.54, 1.807) is 0 Å². The molecule has 38 unspecified atom stereocenters. The first kappa shape index (κ1) is 78.1. The van der Waals surface area contributed by atoms with Crippen LogP contribution in [0.5, 0.6) is 0 Å². The van der Waals surface area contributed by atoms with Gasteiger partial charge < -0.3 is 153 Å². The van der Waals surface area contributed by atoms with Gasteiger partial charge in [0, 0.05) is 20.1 Å². The van der Waals surface area contributed by atoms with Crippen molar-refractivity contribution in [2.45, 2.75) is 302 Å². The van der Waals surface area contributed by atoms with E-state index in [4.69, 9.17) is 71.1 Å². The van der Waals surface area contributed by atoms with Gasteiger partial charge in [0.05, 0.1) is 58.0 Å². The first-order valence-corrected chi connectivity index (χ1v) is 35.3. The Bertz CT molecular complexity index is 2700. The third-order valence-electron chi connectivity index (χ3n) is 24.6. The molecule has 7 aliphatic heterocycles. The zero-order valence-electron chi connectivity index (χ0n) is 57.7. The van der Waals surface area contributed by atoms with Crippen molar-refractivity contribution in [3.63, 3.8) is 0 Å². The van der Waals surface area contributed by atoms with Crippen molar-refractivity contribution in [3.8, 4) is 0 Å². The monoisotopic (exact) mass is 1430 g/mol. The fourth-order valence-electron chi connectivity index (χ4n) is 19.1. The zero-order valence-corrected chi connectivity index (χ0v) is 57.7. The number of esters is 1. The van der Waals surface area contributed by atoms with Crippen molar-refractivity contribution in [2.24, 2.45) is 45.8 Å². The SMILES string of the molecule is COC1C(O)C(CO)OC(COC2C(CO)OC(OC3COC(OC4CCC5C6=CC(O)C78C(=O)OC(C)(CCCC(C)C)C7CCC8(C)C6CCC5C4(C)C)C(OC4OC(C)C(OC5OC(CO)C(O)C(OC6OC(CO)C(O)C(OC)C6O)C5O)C(O)C4O)C3O)C(O)C2O)C1O.